The van der Waals surface area contributed by atoms with Gasteiger partial charge in [-0.05, 0) is 79.7 Å². The van der Waals surface area contributed by atoms with Crippen molar-refractivity contribution in [1.82, 2.24) is 19.9 Å². The number of aromatic nitrogens is 4. The molecule has 0 radical (unpaired) electrons. The van der Waals surface area contributed by atoms with Crippen LogP contribution in [-0.2, 0) is 0 Å². The number of H-pyrrole nitrogens is 2. The van der Waals surface area contributed by atoms with Crippen molar-refractivity contribution in [2.75, 3.05) is 13.2 Å². The highest BCUT2D eigenvalue weighted by Crippen LogP contribution is 2.28. The molecule has 0 aromatic carbocycles. The third-order valence-corrected chi connectivity index (χ3v) is 4.76. The molecule has 0 spiro atoms. The van der Waals surface area contributed by atoms with E-state index in [1.807, 2.05) is 48.6 Å². The van der Waals surface area contributed by atoms with Crippen LogP contribution in [0.4, 0.5) is 0 Å². The van der Waals surface area contributed by atoms with Gasteiger partial charge >= 0.3 is 0 Å². The van der Waals surface area contributed by atoms with Gasteiger partial charge in [-0.15, -0.1) is 0 Å². The van der Waals surface area contributed by atoms with Crippen molar-refractivity contribution in [3.63, 3.8) is 0 Å². The summed E-state index contributed by atoms with van der Waals surface area (Å²) >= 11 is 0. The van der Waals surface area contributed by atoms with Crippen molar-refractivity contribution in [2.45, 2.75) is 6.42 Å². The van der Waals surface area contributed by atoms with Crippen LogP contribution >= 0.6 is 0 Å². The smallest absolute Gasteiger partial charge is 0.170 e. The molecule has 144 valence electrons. The number of nitrogens with two attached hydrogens (primary N) is 1. The van der Waals surface area contributed by atoms with Gasteiger partial charge < -0.3 is 20.4 Å². The monoisotopic (exact) mass is 383 g/mol. The molecule has 0 saturated carbocycles. The molecule has 2 aliphatic rings. The van der Waals surface area contributed by atoms with Gasteiger partial charge in [0.1, 0.15) is 11.4 Å². The van der Waals surface area contributed by atoms with Crippen LogP contribution in [0.3, 0.4) is 0 Å². The second-order valence-corrected chi connectivity index (χ2v) is 7.00. The molecule has 8 bridgehead atoms. The van der Waals surface area contributed by atoms with E-state index in [-0.39, 0.29) is 0 Å². The Morgan fingerprint density at radius 1 is 0.724 bits per heavy atom. The standard InChI is InChI=1S/C23H21N5O/c24-10-1-11-29-23-21-8-6-19(27-21)13-17-4-2-15(25-17)12-16-3-5-18(26-16)14-20-7-9-22(23)28-20/h2-9,12-14,25-26H,1,10-11,24H2. The number of ether oxygens (including phenoxy) is 1. The minimum Gasteiger partial charge on any atom is -0.489 e. The maximum Gasteiger partial charge on any atom is 0.170 e. The average molecular weight is 383 g/mol. The van der Waals surface area contributed by atoms with Crippen LogP contribution in [-0.4, -0.2) is 33.1 Å². The first-order chi connectivity index (χ1) is 14.3. The summed E-state index contributed by atoms with van der Waals surface area (Å²) < 4.78 is 6.04. The van der Waals surface area contributed by atoms with E-state index in [1.54, 1.807) is 0 Å². The van der Waals surface area contributed by atoms with Gasteiger partial charge in [-0.2, -0.15) is 0 Å². The largest absolute Gasteiger partial charge is 0.489 e. The number of hydrogen-bond acceptors (Lipinski definition) is 4. The van der Waals surface area contributed by atoms with Crippen molar-refractivity contribution >= 4 is 46.4 Å². The molecule has 29 heavy (non-hydrogen) atoms. The van der Waals surface area contributed by atoms with Crippen LogP contribution < -0.4 is 10.5 Å². The minimum absolute atomic E-state index is 0.527. The lowest BCUT2D eigenvalue weighted by molar-refractivity contribution is 0.310. The number of rotatable bonds is 4. The molecular formula is C23H21N5O. The Balaban J connectivity index is 1.77. The Bertz CT molecular complexity index is 1190. The SMILES string of the molecule is NCCCOc1c2nc(cc3ccc(cc4ccc(cc5nc1C=C5)[nH]4)[nH]3)C=C2. The zero-order valence-corrected chi connectivity index (χ0v) is 15.9. The highest BCUT2D eigenvalue weighted by atomic mass is 16.5. The Morgan fingerprint density at radius 3 is 1.76 bits per heavy atom. The van der Waals surface area contributed by atoms with Gasteiger partial charge in [0.05, 0.1) is 18.0 Å². The molecule has 5 heterocycles. The fourth-order valence-corrected chi connectivity index (χ4v) is 3.39. The van der Waals surface area contributed by atoms with Crippen molar-refractivity contribution < 1.29 is 4.74 Å². The Labute approximate surface area is 167 Å². The van der Waals surface area contributed by atoms with Gasteiger partial charge in [-0.3, -0.25) is 0 Å². The van der Waals surface area contributed by atoms with E-state index in [0.29, 0.717) is 18.9 Å². The molecular weight excluding hydrogens is 362 g/mol. The minimum atomic E-state index is 0.527. The topological polar surface area (TPSA) is 92.6 Å². The van der Waals surface area contributed by atoms with E-state index >= 15 is 0 Å². The van der Waals surface area contributed by atoms with Gasteiger partial charge in [-0.25, -0.2) is 9.97 Å². The number of fused-ring (bicyclic) bond motifs is 8. The lowest BCUT2D eigenvalue weighted by atomic mass is 10.3. The predicted octanol–water partition coefficient (Wildman–Crippen LogP) is 4.38. The average Bonchev–Trinajstić information content (AvgIpc) is 3.49. The fourth-order valence-electron chi connectivity index (χ4n) is 3.39. The van der Waals surface area contributed by atoms with Crippen LogP contribution in [0.1, 0.15) is 29.2 Å². The molecule has 6 nitrogen and oxygen atoms in total. The van der Waals surface area contributed by atoms with E-state index in [1.165, 1.54) is 0 Å². The van der Waals surface area contributed by atoms with E-state index in [0.717, 1.165) is 51.3 Å². The van der Waals surface area contributed by atoms with E-state index in [9.17, 15) is 0 Å². The van der Waals surface area contributed by atoms with Gasteiger partial charge in [0.15, 0.2) is 5.75 Å². The molecule has 0 atom stereocenters. The first-order valence-corrected chi connectivity index (χ1v) is 9.67. The molecule has 0 saturated heterocycles. The molecule has 4 N–H and O–H groups in total. The summed E-state index contributed by atoms with van der Waals surface area (Å²) in [5, 5.41) is 0. The summed E-state index contributed by atoms with van der Waals surface area (Å²) in [6.45, 7) is 1.11. The highest BCUT2D eigenvalue weighted by molar-refractivity contribution is 5.81. The maximum absolute atomic E-state index is 6.04. The number of aromatic amines is 2. The Morgan fingerprint density at radius 2 is 1.24 bits per heavy atom. The summed E-state index contributed by atoms with van der Waals surface area (Å²) in [4.78, 5) is 16.3. The Kier molecular flexibility index (Phi) is 4.46. The molecule has 6 heteroatoms. The summed E-state index contributed by atoms with van der Waals surface area (Å²) in [5.74, 6) is 0.678. The van der Waals surface area contributed by atoms with Crippen LogP contribution in [0.5, 0.6) is 5.75 Å². The van der Waals surface area contributed by atoms with Crippen LogP contribution in [0.25, 0.3) is 46.4 Å². The number of nitrogens with zero attached hydrogens (tertiary/aromatic N) is 2. The van der Waals surface area contributed by atoms with Gasteiger partial charge in [-0.1, -0.05) is 0 Å². The zero-order valence-electron chi connectivity index (χ0n) is 15.9. The fraction of sp³-hybridized carbons (Fsp3) is 0.130. The third kappa shape index (κ3) is 3.70. The van der Waals surface area contributed by atoms with E-state index in [2.05, 4.69) is 28.2 Å². The summed E-state index contributed by atoms with van der Waals surface area (Å²) in [5.41, 5.74) is 12.9. The molecule has 0 aliphatic carbocycles. The first kappa shape index (κ1) is 17.5. The third-order valence-electron chi connectivity index (χ3n) is 4.76. The second-order valence-electron chi connectivity index (χ2n) is 7.00. The lowest BCUT2D eigenvalue weighted by Gasteiger charge is -2.07. The van der Waals surface area contributed by atoms with Gasteiger partial charge in [0.2, 0.25) is 0 Å². The van der Waals surface area contributed by atoms with Crippen LogP contribution in [0.2, 0.25) is 0 Å². The molecule has 3 aromatic rings. The molecule has 3 aromatic heterocycles. The van der Waals surface area contributed by atoms with Crippen molar-refractivity contribution in [2.24, 2.45) is 5.73 Å². The lowest BCUT2D eigenvalue weighted by Crippen LogP contribution is -2.07. The van der Waals surface area contributed by atoms with E-state index in [4.69, 9.17) is 20.4 Å². The summed E-state index contributed by atoms with van der Waals surface area (Å²) in [6, 6.07) is 14.3. The molecule has 5 rings (SSSR count). The molecule has 0 unspecified atom stereocenters. The molecule has 2 aliphatic heterocycles. The Hall–Kier alpha value is -3.64. The van der Waals surface area contributed by atoms with Gasteiger partial charge in [0, 0.05) is 22.1 Å². The second kappa shape index (κ2) is 7.41. The van der Waals surface area contributed by atoms with E-state index < -0.39 is 0 Å². The quantitative estimate of drug-likeness (QED) is 0.402. The van der Waals surface area contributed by atoms with Crippen molar-refractivity contribution in [3.8, 4) is 5.75 Å². The number of nitrogens with one attached hydrogen (secondary N) is 2. The van der Waals surface area contributed by atoms with Crippen LogP contribution in [0, 0.1) is 0 Å². The summed E-state index contributed by atoms with van der Waals surface area (Å²) in [6.07, 6.45) is 8.67. The highest BCUT2D eigenvalue weighted by Gasteiger charge is 2.13. The molecule has 0 fully saturated rings. The summed E-state index contributed by atoms with van der Waals surface area (Å²) in [7, 11) is 0. The predicted molar refractivity (Wildman–Crippen MR) is 118 cm³/mol. The normalized spacial score (nSPS) is 12.4. The maximum atomic E-state index is 6.04. The molecule has 0 amide bonds. The van der Waals surface area contributed by atoms with Crippen LogP contribution in [0.15, 0.2) is 42.5 Å². The van der Waals surface area contributed by atoms with Crippen molar-refractivity contribution in [3.05, 3.63) is 65.2 Å². The zero-order chi connectivity index (χ0) is 19.6. The number of hydrogen-bond donors (Lipinski definition) is 3. The van der Waals surface area contributed by atoms with Crippen molar-refractivity contribution in [1.29, 1.82) is 0 Å². The van der Waals surface area contributed by atoms with Gasteiger partial charge in [0.25, 0.3) is 0 Å². The first-order valence-electron chi connectivity index (χ1n) is 9.67.